The Kier molecular flexibility index (Phi) is 3.90. The summed E-state index contributed by atoms with van der Waals surface area (Å²) in [6.45, 7) is 0. The molecule has 0 aromatic rings. The van der Waals surface area contributed by atoms with E-state index < -0.39 is 18.1 Å². The molecule has 0 aromatic heterocycles. The Labute approximate surface area is 87.5 Å². The molecule has 1 rings (SSSR count). The summed E-state index contributed by atoms with van der Waals surface area (Å²) < 4.78 is 8.96. The van der Waals surface area contributed by atoms with Crippen LogP contribution in [-0.2, 0) is 14.3 Å². The lowest BCUT2D eigenvalue weighted by atomic mass is 9.77. The normalized spacial score (nSPS) is 26.1. The topological polar surface area (TPSA) is 84.9 Å². The second kappa shape index (κ2) is 4.97. The molecule has 15 heavy (non-hydrogen) atoms. The number of carbonyl (C=O) groups is 2. The number of hydrogen-bond acceptors (Lipinski definition) is 5. The van der Waals surface area contributed by atoms with Gasteiger partial charge in [-0.05, 0) is 18.8 Å². The third-order valence-electron chi connectivity index (χ3n) is 2.53. The van der Waals surface area contributed by atoms with E-state index in [1.54, 1.807) is 0 Å². The Hall–Kier alpha value is -1.30. The first-order chi connectivity index (χ1) is 7.08. The fourth-order valence-corrected chi connectivity index (χ4v) is 1.58. The number of ether oxygens (including phenoxy) is 2. The summed E-state index contributed by atoms with van der Waals surface area (Å²) in [7, 11) is 2.47. The molecule has 1 unspecified atom stereocenters. The van der Waals surface area contributed by atoms with Gasteiger partial charge in [-0.2, -0.15) is 0 Å². The van der Waals surface area contributed by atoms with Crippen LogP contribution >= 0.6 is 0 Å². The lowest BCUT2D eigenvalue weighted by Crippen LogP contribution is -2.51. The summed E-state index contributed by atoms with van der Waals surface area (Å²) in [6, 6.07) is -0.731. The molecule has 0 heterocycles. The lowest BCUT2D eigenvalue weighted by Gasteiger charge is -2.35. The van der Waals surface area contributed by atoms with Gasteiger partial charge in [0.25, 0.3) is 0 Å². The predicted molar refractivity (Wildman–Crippen MR) is 50.1 cm³/mol. The molecule has 2 N–H and O–H groups in total. The minimum Gasteiger partial charge on any atom is -0.467 e. The van der Waals surface area contributed by atoms with Crippen molar-refractivity contribution in [2.45, 2.75) is 25.0 Å². The highest BCUT2D eigenvalue weighted by Crippen LogP contribution is 2.30. The van der Waals surface area contributed by atoms with Crippen LogP contribution in [0.4, 0.5) is 4.79 Å². The van der Waals surface area contributed by atoms with E-state index in [-0.39, 0.29) is 12.0 Å². The number of hydrogen-bond donors (Lipinski definition) is 2. The zero-order chi connectivity index (χ0) is 11.4. The zero-order valence-electron chi connectivity index (χ0n) is 8.73. The third kappa shape index (κ3) is 2.82. The average Bonchev–Trinajstić information content (AvgIpc) is 2.20. The standard InChI is InChI=1S/C9H15NO5/c1-14-8(12)7(10-9(13)15-2)5-3-6(11)4-5/h5-7,11H,3-4H2,1-2H3,(H,10,13). The van der Waals surface area contributed by atoms with Crippen molar-refractivity contribution in [3.63, 3.8) is 0 Å². The number of aliphatic hydroxyl groups excluding tert-OH is 1. The smallest absolute Gasteiger partial charge is 0.407 e. The molecule has 0 radical (unpaired) electrons. The summed E-state index contributed by atoms with van der Waals surface area (Å²) in [4.78, 5) is 22.3. The minimum atomic E-state index is -0.731. The molecule has 6 nitrogen and oxygen atoms in total. The second-order valence-corrected chi connectivity index (χ2v) is 3.52. The van der Waals surface area contributed by atoms with Gasteiger partial charge in [-0.3, -0.25) is 0 Å². The second-order valence-electron chi connectivity index (χ2n) is 3.52. The Morgan fingerprint density at radius 2 is 1.93 bits per heavy atom. The van der Waals surface area contributed by atoms with Crippen LogP contribution in [-0.4, -0.2) is 43.5 Å². The van der Waals surface area contributed by atoms with E-state index in [0.717, 1.165) is 0 Å². The van der Waals surface area contributed by atoms with Crippen LogP contribution in [0.1, 0.15) is 12.8 Å². The highest BCUT2D eigenvalue weighted by atomic mass is 16.5. The largest absolute Gasteiger partial charge is 0.467 e. The third-order valence-corrected chi connectivity index (χ3v) is 2.53. The van der Waals surface area contributed by atoms with Crippen molar-refractivity contribution in [2.75, 3.05) is 14.2 Å². The van der Waals surface area contributed by atoms with Crippen LogP contribution in [0.2, 0.25) is 0 Å². The molecule has 1 saturated carbocycles. The maximum atomic E-state index is 11.3. The number of aliphatic hydroxyl groups is 1. The van der Waals surface area contributed by atoms with Gasteiger partial charge >= 0.3 is 12.1 Å². The van der Waals surface area contributed by atoms with Gasteiger partial charge < -0.3 is 19.9 Å². The van der Waals surface area contributed by atoms with E-state index in [4.69, 9.17) is 5.11 Å². The Morgan fingerprint density at radius 1 is 1.33 bits per heavy atom. The molecule has 0 saturated heterocycles. The minimum absolute atomic E-state index is 0.0773. The molecular formula is C9H15NO5. The van der Waals surface area contributed by atoms with Crippen molar-refractivity contribution in [1.82, 2.24) is 5.32 Å². The van der Waals surface area contributed by atoms with E-state index >= 15 is 0 Å². The highest BCUT2D eigenvalue weighted by molar-refractivity contribution is 5.81. The first-order valence-electron chi connectivity index (χ1n) is 4.68. The molecule has 6 heteroatoms. The van der Waals surface area contributed by atoms with Crippen LogP contribution in [0.15, 0.2) is 0 Å². The van der Waals surface area contributed by atoms with Crippen LogP contribution in [0, 0.1) is 5.92 Å². The van der Waals surface area contributed by atoms with Gasteiger partial charge in [-0.15, -0.1) is 0 Å². The maximum Gasteiger partial charge on any atom is 0.407 e. The van der Waals surface area contributed by atoms with E-state index in [2.05, 4.69) is 14.8 Å². The fourth-order valence-electron chi connectivity index (χ4n) is 1.58. The van der Waals surface area contributed by atoms with Gasteiger partial charge in [-0.25, -0.2) is 9.59 Å². The van der Waals surface area contributed by atoms with Crippen molar-refractivity contribution >= 4 is 12.1 Å². The number of amides is 1. The van der Waals surface area contributed by atoms with Gasteiger partial charge in [-0.1, -0.05) is 0 Å². The predicted octanol–water partition coefficient (Wildman–Crippen LogP) is -0.345. The van der Waals surface area contributed by atoms with E-state index in [0.29, 0.717) is 12.8 Å². The lowest BCUT2D eigenvalue weighted by molar-refractivity contribution is -0.146. The SMILES string of the molecule is COC(=O)NC(C(=O)OC)C1CC(O)C1. The molecule has 86 valence electrons. The highest BCUT2D eigenvalue weighted by Gasteiger charge is 2.39. The number of methoxy groups -OCH3 is 2. The number of carbonyl (C=O) groups excluding carboxylic acids is 2. The number of rotatable bonds is 3. The van der Waals surface area contributed by atoms with Crippen molar-refractivity contribution in [3.8, 4) is 0 Å². The quantitative estimate of drug-likeness (QED) is 0.631. The van der Waals surface area contributed by atoms with E-state index in [9.17, 15) is 9.59 Å². The molecule has 1 aliphatic rings. The first kappa shape index (κ1) is 11.8. The molecule has 0 aliphatic heterocycles. The monoisotopic (exact) mass is 217 g/mol. The van der Waals surface area contributed by atoms with Crippen molar-refractivity contribution in [2.24, 2.45) is 5.92 Å². The molecule has 0 aromatic carbocycles. The molecule has 0 bridgehead atoms. The summed E-state index contributed by atoms with van der Waals surface area (Å²) in [5, 5.41) is 11.5. The molecule has 1 fully saturated rings. The first-order valence-corrected chi connectivity index (χ1v) is 4.68. The van der Waals surface area contributed by atoms with Crippen molar-refractivity contribution in [3.05, 3.63) is 0 Å². The summed E-state index contributed by atoms with van der Waals surface area (Å²) in [6.07, 6.45) is -0.0820. The molecule has 1 atom stereocenters. The van der Waals surface area contributed by atoms with Crippen molar-refractivity contribution < 1.29 is 24.2 Å². The van der Waals surface area contributed by atoms with Crippen LogP contribution in [0.3, 0.4) is 0 Å². The van der Waals surface area contributed by atoms with E-state index in [1.165, 1.54) is 14.2 Å². The summed E-state index contributed by atoms with van der Waals surface area (Å²) in [5.41, 5.74) is 0. The van der Waals surface area contributed by atoms with E-state index in [1.807, 2.05) is 0 Å². The molecule has 0 spiro atoms. The number of alkyl carbamates (subject to hydrolysis) is 1. The summed E-state index contributed by atoms with van der Waals surface area (Å²) in [5.74, 6) is -0.594. The van der Waals surface area contributed by atoms with Gasteiger partial charge in [0.15, 0.2) is 0 Å². The van der Waals surface area contributed by atoms with Crippen LogP contribution in [0.5, 0.6) is 0 Å². The number of nitrogens with one attached hydrogen (secondary N) is 1. The van der Waals surface area contributed by atoms with Crippen LogP contribution < -0.4 is 5.32 Å². The fraction of sp³-hybridized carbons (Fsp3) is 0.778. The zero-order valence-corrected chi connectivity index (χ0v) is 8.73. The Bertz CT molecular complexity index is 249. The van der Waals surface area contributed by atoms with Gasteiger partial charge in [0.1, 0.15) is 6.04 Å². The van der Waals surface area contributed by atoms with Crippen molar-refractivity contribution in [1.29, 1.82) is 0 Å². The van der Waals surface area contributed by atoms with Gasteiger partial charge in [0, 0.05) is 0 Å². The Balaban J connectivity index is 2.53. The Morgan fingerprint density at radius 3 is 2.33 bits per heavy atom. The molecule has 1 amide bonds. The summed E-state index contributed by atoms with van der Waals surface area (Å²) >= 11 is 0. The van der Waals surface area contributed by atoms with Gasteiger partial charge in [0.05, 0.1) is 20.3 Å². The van der Waals surface area contributed by atoms with Gasteiger partial charge in [0.2, 0.25) is 0 Å². The number of esters is 1. The van der Waals surface area contributed by atoms with Crippen LogP contribution in [0.25, 0.3) is 0 Å². The average molecular weight is 217 g/mol. The molecular weight excluding hydrogens is 202 g/mol. The maximum absolute atomic E-state index is 11.3. The molecule has 1 aliphatic carbocycles.